The van der Waals surface area contributed by atoms with Crippen molar-refractivity contribution in [3.8, 4) is 67.0 Å². The molecule has 11 rings (SSSR count). The van der Waals surface area contributed by atoms with Crippen LogP contribution < -0.4 is 0 Å². The molecule has 0 bridgehead atoms. The van der Waals surface area contributed by atoms with Gasteiger partial charge in [0.1, 0.15) is 0 Å². The second-order valence-corrected chi connectivity index (χ2v) is 14.1. The van der Waals surface area contributed by atoms with E-state index < -0.39 is 0 Å². The Morgan fingerprint density at radius 3 is 1.15 bits per heavy atom. The Kier molecular flexibility index (Phi) is 6.41. The van der Waals surface area contributed by atoms with Crippen molar-refractivity contribution in [2.75, 3.05) is 0 Å². The van der Waals surface area contributed by atoms with E-state index >= 15 is 0 Å². The number of rotatable bonds is 4. The molecule has 0 fully saturated rings. The van der Waals surface area contributed by atoms with E-state index in [4.69, 9.17) is 9.97 Å². The zero-order valence-electron chi connectivity index (χ0n) is 28.5. The summed E-state index contributed by atoms with van der Waals surface area (Å²) < 4.78 is 0. The number of hydrogen-bond acceptors (Lipinski definition) is 2. The average molecular weight is 661 g/mol. The third kappa shape index (κ3) is 4.65. The number of aromatic nitrogens is 2. The van der Waals surface area contributed by atoms with E-state index in [1.54, 1.807) is 0 Å². The zero-order chi connectivity index (χ0) is 34.2. The molecule has 2 nitrogen and oxygen atoms in total. The van der Waals surface area contributed by atoms with Crippen LogP contribution in [0.2, 0.25) is 0 Å². The third-order valence-corrected chi connectivity index (χ3v) is 11.1. The van der Waals surface area contributed by atoms with Crippen molar-refractivity contribution in [1.82, 2.24) is 9.97 Å². The predicted molar refractivity (Wildman–Crippen MR) is 215 cm³/mol. The largest absolute Gasteiger partial charge is 0.248 e. The standard InChI is InChI=1S/C50H32N2/c1-3-11-31(12-4-1)43-27-47(35-19-21-41-37(25-35)23-33-15-7-9-17-39(33)41)51-49-30-46-44(32-13-5-2-6-14-32)28-48(52-50(46)29-45(43)49)36-20-22-42-38(26-36)24-34-16-8-10-18-40(34)42/h1-22,25-30H,23-24H2. The fraction of sp³-hybridized carbons (Fsp3) is 0.0400. The Morgan fingerprint density at radius 1 is 0.288 bits per heavy atom. The van der Waals surface area contributed by atoms with Gasteiger partial charge in [0, 0.05) is 21.9 Å². The Morgan fingerprint density at radius 2 is 0.692 bits per heavy atom. The highest BCUT2D eigenvalue weighted by molar-refractivity contribution is 6.08. The Balaban J connectivity index is 1.12. The van der Waals surface area contributed by atoms with Gasteiger partial charge in [-0.15, -0.1) is 0 Å². The van der Waals surface area contributed by atoms with Gasteiger partial charge < -0.3 is 0 Å². The summed E-state index contributed by atoms with van der Waals surface area (Å²) in [5.41, 5.74) is 21.7. The summed E-state index contributed by atoms with van der Waals surface area (Å²) in [4.78, 5) is 10.8. The van der Waals surface area contributed by atoms with E-state index in [1.165, 1.54) is 55.6 Å². The quantitative estimate of drug-likeness (QED) is 0.176. The summed E-state index contributed by atoms with van der Waals surface area (Å²) >= 11 is 0. The third-order valence-electron chi connectivity index (χ3n) is 11.1. The summed E-state index contributed by atoms with van der Waals surface area (Å²) in [5.74, 6) is 0. The summed E-state index contributed by atoms with van der Waals surface area (Å²) in [6.07, 6.45) is 1.91. The fourth-order valence-electron chi connectivity index (χ4n) is 8.56. The number of hydrogen-bond donors (Lipinski definition) is 0. The molecule has 0 N–H and O–H groups in total. The van der Waals surface area contributed by atoms with Crippen LogP contribution in [0.3, 0.4) is 0 Å². The minimum atomic E-state index is 0.953. The van der Waals surface area contributed by atoms with E-state index in [0.717, 1.165) is 68.3 Å². The van der Waals surface area contributed by atoms with Crippen molar-refractivity contribution in [3.63, 3.8) is 0 Å². The molecule has 0 saturated heterocycles. The lowest BCUT2D eigenvalue weighted by atomic mass is 9.93. The first-order valence-electron chi connectivity index (χ1n) is 18.1. The lowest BCUT2D eigenvalue weighted by Crippen LogP contribution is -1.95. The SMILES string of the molecule is c1ccc(-c2cc(-c3ccc4c(c3)Cc3ccccc3-4)nc3cc4c(-c5ccccc5)cc(-c5ccc6c(c5)Cc5ccccc5-6)nc4cc23)cc1. The van der Waals surface area contributed by atoms with E-state index in [2.05, 4.69) is 170 Å². The summed E-state index contributed by atoms with van der Waals surface area (Å²) in [6, 6.07) is 61.7. The van der Waals surface area contributed by atoms with Gasteiger partial charge in [-0.05, 0) is 116 Å². The van der Waals surface area contributed by atoms with Crippen LogP contribution in [0.5, 0.6) is 0 Å². The molecule has 0 radical (unpaired) electrons. The highest BCUT2D eigenvalue weighted by Gasteiger charge is 2.22. The molecule has 52 heavy (non-hydrogen) atoms. The van der Waals surface area contributed by atoms with Crippen molar-refractivity contribution in [2.45, 2.75) is 12.8 Å². The maximum Gasteiger partial charge on any atom is 0.0723 e. The van der Waals surface area contributed by atoms with Crippen LogP contribution in [0.15, 0.2) is 170 Å². The lowest BCUT2D eigenvalue weighted by molar-refractivity contribution is 1.26. The van der Waals surface area contributed by atoms with E-state index in [9.17, 15) is 0 Å². The van der Waals surface area contributed by atoms with Crippen molar-refractivity contribution >= 4 is 21.8 Å². The van der Waals surface area contributed by atoms with Gasteiger partial charge in [0.25, 0.3) is 0 Å². The maximum absolute atomic E-state index is 5.40. The Bertz CT molecular complexity index is 2690. The monoisotopic (exact) mass is 660 g/mol. The van der Waals surface area contributed by atoms with E-state index in [1.807, 2.05) is 0 Å². The van der Waals surface area contributed by atoms with E-state index in [-0.39, 0.29) is 0 Å². The van der Waals surface area contributed by atoms with Gasteiger partial charge in [-0.25, -0.2) is 9.97 Å². The van der Waals surface area contributed by atoms with Gasteiger partial charge in [0.2, 0.25) is 0 Å². The van der Waals surface area contributed by atoms with E-state index in [0.29, 0.717) is 0 Å². The Hall–Kier alpha value is -6.64. The molecule has 0 atom stereocenters. The van der Waals surface area contributed by atoms with Crippen molar-refractivity contribution in [1.29, 1.82) is 0 Å². The maximum atomic E-state index is 5.40. The summed E-state index contributed by atoms with van der Waals surface area (Å²) in [7, 11) is 0. The minimum absolute atomic E-state index is 0.953. The zero-order valence-corrected chi connectivity index (χ0v) is 28.5. The van der Waals surface area contributed by atoms with Gasteiger partial charge >= 0.3 is 0 Å². The molecule has 2 aliphatic rings. The number of pyridine rings is 2. The average Bonchev–Trinajstić information content (AvgIpc) is 3.77. The lowest BCUT2D eigenvalue weighted by Gasteiger charge is -2.15. The van der Waals surface area contributed by atoms with Gasteiger partial charge in [-0.3, -0.25) is 0 Å². The second-order valence-electron chi connectivity index (χ2n) is 14.1. The van der Waals surface area contributed by atoms with Gasteiger partial charge in [0.15, 0.2) is 0 Å². The van der Waals surface area contributed by atoms with Crippen molar-refractivity contribution in [3.05, 3.63) is 192 Å². The second kappa shape index (κ2) is 11.4. The topological polar surface area (TPSA) is 25.8 Å². The first kappa shape index (κ1) is 29.1. The van der Waals surface area contributed by atoms with Gasteiger partial charge in [-0.2, -0.15) is 0 Å². The first-order chi connectivity index (χ1) is 25.7. The van der Waals surface area contributed by atoms with Crippen LogP contribution in [0.1, 0.15) is 22.3 Å². The number of nitrogens with zero attached hydrogens (tertiary/aromatic N) is 2. The molecule has 0 amide bonds. The Labute approximate surface area is 302 Å². The molecule has 0 saturated carbocycles. The van der Waals surface area contributed by atoms with Crippen LogP contribution >= 0.6 is 0 Å². The molecule has 0 spiro atoms. The van der Waals surface area contributed by atoms with Crippen LogP contribution in [0.4, 0.5) is 0 Å². The number of fused-ring (bicyclic) bond motifs is 8. The molecule has 0 aliphatic heterocycles. The predicted octanol–water partition coefficient (Wildman–Crippen LogP) is 12.6. The van der Waals surface area contributed by atoms with Gasteiger partial charge in [-0.1, -0.05) is 133 Å². The molecule has 7 aromatic carbocycles. The number of benzene rings is 7. The smallest absolute Gasteiger partial charge is 0.0723 e. The molecular weight excluding hydrogens is 629 g/mol. The molecule has 2 heterocycles. The van der Waals surface area contributed by atoms with Crippen LogP contribution in [-0.2, 0) is 12.8 Å². The van der Waals surface area contributed by atoms with Crippen LogP contribution in [0, 0.1) is 0 Å². The molecule has 0 unspecified atom stereocenters. The molecular formula is C50H32N2. The minimum Gasteiger partial charge on any atom is -0.248 e. The summed E-state index contributed by atoms with van der Waals surface area (Å²) in [6.45, 7) is 0. The molecule has 2 heteroatoms. The van der Waals surface area contributed by atoms with Gasteiger partial charge in [0.05, 0.1) is 22.4 Å². The highest BCUT2D eigenvalue weighted by Crippen LogP contribution is 2.43. The first-order valence-corrected chi connectivity index (χ1v) is 18.1. The molecule has 9 aromatic rings. The van der Waals surface area contributed by atoms with Crippen LogP contribution in [0.25, 0.3) is 88.8 Å². The molecule has 242 valence electrons. The summed E-state index contributed by atoms with van der Waals surface area (Å²) in [5, 5.41) is 2.20. The fourth-order valence-corrected chi connectivity index (χ4v) is 8.56. The van der Waals surface area contributed by atoms with Crippen molar-refractivity contribution < 1.29 is 0 Å². The normalized spacial score (nSPS) is 12.5. The highest BCUT2D eigenvalue weighted by atomic mass is 14.7. The van der Waals surface area contributed by atoms with Crippen LogP contribution in [-0.4, -0.2) is 9.97 Å². The molecule has 2 aliphatic carbocycles. The molecule has 2 aromatic heterocycles. The van der Waals surface area contributed by atoms with Crippen molar-refractivity contribution in [2.24, 2.45) is 0 Å².